The van der Waals surface area contributed by atoms with Gasteiger partial charge in [0.1, 0.15) is 30.0 Å². The summed E-state index contributed by atoms with van der Waals surface area (Å²) in [4.78, 5) is 50.6. The van der Waals surface area contributed by atoms with Crippen LogP contribution in [0.2, 0.25) is 0 Å². The number of ether oxygens (including phenoxy) is 3. The highest BCUT2D eigenvalue weighted by atomic mass is 16.5. The Hall–Kier alpha value is -6.04. The molecule has 4 aromatic rings. The zero-order valence-electron chi connectivity index (χ0n) is 26.3. The number of hydrogen-bond donors (Lipinski definition) is 4. The molecule has 1 aliphatic heterocycles. The summed E-state index contributed by atoms with van der Waals surface area (Å²) in [7, 11) is 1.48. The SMILES string of the molecule is COc1cc(CC(=O)N2C[C@@H](Oc3ccc(C(=O)O)cc3)CC2COc2ccc(C(=O)O)cc2)ccc1NC(=O)Nc1ccccc1C. The monoisotopic (exact) mass is 653 g/mol. The Kier molecular flexibility index (Phi) is 10.4. The lowest BCUT2D eigenvalue weighted by atomic mass is 10.1. The van der Waals surface area contributed by atoms with Crippen LogP contribution in [0.1, 0.15) is 38.3 Å². The minimum Gasteiger partial charge on any atom is -0.495 e. The number of aryl methyl sites for hydroxylation is 1. The molecular weight excluding hydrogens is 618 g/mol. The molecule has 0 spiro atoms. The molecule has 12 nitrogen and oxygen atoms in total. The van der Waals surface area contributed by atoms with Crippen LogP contribution in [-0.4, -0.2) is 71.4 Å². The minimum absolute atomic E-state index is 0.0376. The maximum absolute atomic E-state index is 13.7. The summed E-state index contributed by atoms with van der Waals surface area (Å²) < 4.78 is 17.6. The number of nitrogens with one attached hydrogen (secondary N) is 2. The highest BCUT2D eigenvalue weighted by Crippen LogP contribution is 2.29. The van der Waals surface area contributed by atoms with Crippen molar-refractivity contribution in [1.29, 1.82) is 0 Å². The standard InChI is InChI=1S/C36H35N3O9/c1-22-5-3-4-6-30(22)37-36(45)38-31-16-7-23(17-32(31)46-2)18-33(40)39-20-29(48-28-14-10-25(11-15-28)35(43)44)19-26(39)21-47-27-12-8-24(9-13-27)34(41)42/h3-17,26,29H,18-21H2,1-2H3,(H,41,42)(H,43,44)(H2,37,38,45)/t26?,29-/m0/s1. The largest absolute Gasteiger partial charge is 0.495 e. The van der Waals surface area contributed by atoms with Gasteiger partial charge < -0.3 is 40.0 Å². The van der Waals surface area contributed by atoms with Gasteiger partial charge in [0.2, 0.25) is 5.91 Å². The van der Waals surface area contributed by atoms with Gasteiger partial charge in [-0.05, 0) is 84.8 Å². The van der Waals surface area contributed by atoms with E-state index in [0.717, 1.165) is 5.56 Å². The van der Waals surface area contributed by atoms with Crippen molar-refractivity contribution in [2.75, 3.05) is 30.9 Å². The lowest BCUT2D eigenvalue weighted by Gasteiger charge is -2.25. The first kappa shape index (κ1) is 33.3. The van der Waals surface area contributed by atoms with Gasteiger partial charge >= 0.3 is 18.0 Å². The van der Waals surface area contributed by atoms with Gasteiger partial charge in [-0.1, -0.05) is 24.3 Å². The molecule has 5 rings (SSSR count). The maximum Gasteiger partial charge on any atom is 0.335 e. The van der Waals surface area contributed by atoms with E-state index < -0.39 is 18.0 Å². The number of benzene rings is 4. The molecule has 248 valence electrons. The predicted octanol–water partition coefficient (Wildman–Crippen LogP) is 5.71. The fraction of sp³-hybridized carbons (Fsp3) is 0.222. The first-order chi connectivity index (χ1) is 23.1. The fourth-order valence-electron chi connectivity index (χ4n) is 5.39. The minimum atomic E-state index is -1.04. The zero-order chi connectivity index (χ0) is 34.2. The lowest BCUT2D eigenvalue weighted by Crippen LogP contribution is -2.40. The van der Waals surface area contributed by atoms with Crippen LogP contribution in [0.15, 0.2) is 91.0 Å². The molecule has 1 fully saturated rings. The Morgan fingerprint density at radius 2 is 1.44 bits per heavy atom. The number of amides is 3. The van der Waals surface area contributed by atoms with E-state index >= 15 is 0 Å². The number of likely N-dealkylation sites (tertiary alicyclic amines) is 1. The second kappa shape index (κ2) is 15.0. The molecule has 0 radical (unpaired) electrons. The van der Waals surface area contributed by atoms with E-state index in [1.54, 1.807) is 53.4 Å². The van der Waals surface area contributed by atoms with Gasteiger partial charge in [-0.15, -0.1) is 0 Å². The number of carbonyl (C=O) groups is 4. The quantitative estimate of drug-likeness (QED) is 0.150. The Morgan fingerprint density at radius 1 is 0.812 bits per heavy atom. The third-order valence-electron chi connectivity index (χ3n) is 7.91. The molecule has 1 saturated heterocycles. The van der Waals surface area contributed by atoms with E-state index in [4.69, 9.17) is 14.2 Å². The number of urea groups is 1. The second-order valence-electron chi connectivity index (χ2n) is 11.3. The van der Waals surface area contributed by atoms with Crippen LogP contribution in [0.3, 0.4) is 0 Å². The number of carboxylic acids is 2. The van der Waals surface area contributed by atoms with Crippen LogP contribution in [0.5, 0.6) is 17.2 Å². The van der Waals surface area contributed by atoms with Gasteiger partial charge in [0.05, 0.1) is 42.9 Å². The van der Waals surface area contributed by atoms with E-state index in [0.29, 0.717) is 40.6 Å². The van der Waals surface area contributed by atoms with Crippen molar-refractivity contribution in [2.45, 2.75) is 31.9 Å². The molecule has 12 heteroatoms. The highest BCUT2D eigenvalue weighted by Gasteiger charge is 2.37. The summed E-state index contributed by atoms with van der Waals surface area (Å²) in [5, 5.41) is 24.0. The van der Waals surface area contributed by atoms with Crippen LogP contribution >= 0.6 is 0 Å². The number of hydrogen-bond acceptors (Lipinski definition) is 7. The normalized spacial score (nSPS) is 15.3. The number of carbonyl (C=O) groups excluding carboxylic acids is 2. The summed E-state index contributed by atoms with van der Waals surface area (Å²) in [5.41, 5.74) is 2.96. The van der Waals surface area contributed by atoms with Gasteiger partial charge in [0.15, 0.2) is 0 Å². The maximum atomic E-state index is 13.7. The second-order valence-corrected chi connectivity index (χ2v) is 11.3. The van der Waals surface area contributed by atoms with Crippen molar-refractivity contribution < 1.29 is 43.6 Å². The lowest BCUT2D eigenvalue weighted by molar-refractivity contribution is -0.132. The molecule has 1 unspecified atom stereocenters. The first-order valence-corrected chi connectivity index (χ1v) is 15.2. The molecule has 2 atom stereocenters. The highest BCUT2D eigenvalue weighted by molar-refractivity contribution is 6.01. The van der Waals surface area contributed by atoms with Gasteiger partial charge in [-0.2, -0.15) is 0 Å². The molecule has 48 heavy (non-hydrogen) atoms. The Bertz CT molecular complexity index is 1790. The number of rotatable bonds is 12. The van der Waals surface area contributed by atoms with Crippen molar-refractivity contribution in [2.24, 2.45) is 0 Å². The van der Waals surface area contributed by atoms with Crippen molar-refractivity contribution in [3.63, 3.8) is 0 Å². The molecule has 4 N–H and O–H groups in total. The summed E-state index contributed by atoms with van der Waals surface area (Å²) in [6.07, 6.45) is 0.0954. The topological polar surface area (TPSA) is 164 Å². The first-order valence-electron chi connectivity index (χ1n) is 15.2. The number of anilines is 2. The van der Waals surface area contributed by atoms with Gasteiger partial charge in [-0.3, -0.25) is 4.79 Å². The molecule has 4 aromatic carbocycles. The number of aromatic carboxylic acids is 2. The molecule has 0 aliphatic carbocycles. The third-order valence-corrected chi connectivity index (χ3v) is 7.91. The van der Waals surface area contributed by atoms with Gasteiger partial charge in [0.25, 0.3) is 0 Å². The van der Waals surface area contributed by atoms with Crippen molar-refractivity contribution in [3.8, 4) is 17.2 Å². The van der Waals surface area contributed by atoms with E-state index in [2.05, 4.69) is 10.6 Å². The van der Waals surface area contributed by atoms with E-state index in [9.17, 15) is 29.4 Å². The number of carboxylic acid groups (broad SMARTS) is 2. The van der Waals surface area contributed by atoms with Crippen molar-refractivity contribution >= 4 is 35.3 Å². The Balaban J connectivity index is 1.27. The van der Waals surface area contributed by atoms with E-state index in [1.807, 2.05) is 25.1 Å². The summed E-state index contributed by atoms with van der Waals surface area (Å²) in [6.45, 7) is 2.30. The third kappa shape index (κ3) is 8.40. The molecule has 0 aromatic heterocycles. The number of para-hydroxylation sites is 1. The molecular formula is C36H35N3O9. The number of nitrogens with zero attached hydrogens (tertiary/aromatic N) is 1. The van der Waals surface area contributed by atoms with E-state index in [1.165, 1.54) is 31.4 Å². The van der Waals surface area contributed by atoms with Gasteiger partial charge in [0, 0.05) is 12.1 Å². The Morgan fingerprint density at radius 3 is 2.06 bits per heavy atom. The van der Waals surface area contributed by atoms with Crippen LogP contribution < -0.4 is 24.8 Å². The predicted molar refractivity (Wildman–Crippen MR) is 177 cm³/mol. The summed E-state index contributed by atoms with van der Waals surface area (Å²) >= 11 is 0. The van der Waals surface area contributed by atoms with Crippen LogP contribution in [0, 0.1) is 6.92 Å². The summed E-state index contributed by atoms with van der Waals surface area (Å²) in [5.74, 6) is -0.951. The van der Waals surface area contributed by atoms with Crippen LogP contribution in [0.25, 0.3) is 0 Å². The van der Waals surface area contributed by atoms with Crippen LogP contribution in [-0.2, 0) is 11.2 Å². The molecule has 1 aliphatic rings. The van der Waals surface area contributed by atoms with Crippen LogP contribution in [0.4, 0.5) is 16.2 Å². The van der Waals surface area contributed by atoms with Crippen molar-refractivity contribution in [3.05, 3.63) is 113 Å². The molecule has 3 amide bonds. The van der Waals surface area contributed by atoms with Gasteiger partial charge in [-0.25, -0.2) is 14.4 Å². The number of methoxy groups -OCH3 is 1. The average Bonchev–Trinajstić information content (AvgIpc) is 3.48. The fourth-order valence-corrected chi connectivity index (χ4v) is 5.39. The molecule has 1 heterocycles. The zero-order valence-corrected chi connectivity index (χ0v) is 26.3. The Labute approximate surface area is 276 Å². The summed E-state index contributed by atoms with van der Waals surface area (Å²) in [6, 6.07) is 23.8. The molecule has 0 bridgehead atoms. The van der Waals surface area contributed by atoms with Crippen molar-refractivity contribution in [1.82, 2.24) is 4.90 Å². The van der Waals surface area contributed by atoms with E-state index in [-0.39, 0.29) is 48.8 Å². The average molecular weight is 654 g/mol. The molecule has 0 saturated carbocycles. The smallest absolute Gasteiger partial charge is 0.335 e.